The summed E-state index contributed by atoms with van der Waals surface area (Å²) >= 11 is 8.19. The van der Waals surface area contributed by atoms with Crippen LogP contribution in [0.2, 0.25) is 0 Å². The number of aromatic nitrogens is 8. The number of anilines is 2. The van der Waals surface area contributed by atoms with Crippen LogP contribution >= 0.6 is 40.5 Å². The number of rotatable bonds is 12. The second kappa shape index (κ2) is 13.4. The molecule has 0 saturated carbocycles. The molecule has 4 aromatic heterocycles. The summed E-state index contributed by atoms with van der Waals surface area (Å²) < 4.78 is 79.5. The van der Waals surface area contributed by atoms with Crippen molar-refractivity contribution >= 4 is 74.6 Å². The molecular formula is C21H26FN11O9P2S2. The highest BCUT2D eigenvalue weighted by atomic mass is 32.7. The van der Waals surface area contributed by atoms with E-state index < -0.39 is 76.7 Å². The fourth-order valence-electron chi connectivity index (χ4n) is 5.34. The number of aromatic amines is 1. The predicted octanol–water partition coefficient (Wildman–Crippen LogP) is 0.738. The van der Waals surface area contributed by atoms with E-state index in [-0.39, 0.29) is 40.7 Å². The SMILES string of the molecule is COC1C(COP=O)OC(n2cnc3c(=O)[nH]c(N)nc32)C1O[P@@](=O)(S)OCC1OC(n2cnc3c(N)ncnc32)C(F)C1NS. The number of halogens is 1. The van der Waals surface area contributed by atoms with Crippen molar-refractivity contribution in [3.63, 3.8) is 0 Å². The van der Waals surface area contributed by atoms with Crippen molar-refractivity contribution in [1.82, 2.24) is 43.8 Å². The maximum Gasteiger partial charge on any atom is 0.386 e. The molecule has 0 amide bonds. The van der Waals surface area contributed by atoms with Crippen LogP contribution in [0.5, 0.6) is 0 Å². The van der Waals surface area contributed by atoms with Gasteiger partial charge >= 0.3 is 15.5 Å². The van der Waals surface area contributed by atoms with Gasteiger partial charge in [-0.2, -0.15) is 4.98 Å². The summed E-state index contributed by atoms with van der Waals surface area (Å²) in [5.41, 5.74) is 11.4. The summed E-state index contributed by atoms with van der Waals surface area (Å²) in [4.78, 5) is 35.1. The van der Waals surface area contributed by atoms with Gasteiger partial charge in [-0.25, -0.2) is 33.5 Å². The van der Waals surface area contributed by atoms with E-state index in [4.69, 9.17) is 39.2 Å². The van der Waals surface area contributed by atoms with Crippen molar-refractivity contribution in [2.24, 2.45) is 0 Å². The summed E-state index contributed by atoms with van der Waals surface area (Å²) in [5, 5.41) is 0. The average molecular weight is 722 g/mol. The molecule has 4 aromatic rings. The van der Waals surface area contributed by atoms with Gasteiger partial charge in [-0.15, -0.1) is 0 Å². The zero-order chi connectivity index (χ0) is 32.7. The minimum Gasteiger partial charge on any atom is -0.382 e. The standard InChI is InChI=1S/C21H26FN11O9P2S2/c1-37-13-8(2-38-43-35)41-20(33-6-28-12-17(33)29-21(24)30-18(12)34)14(13)42-44(36,46)39-3-7-10(31-45)9(22)19(40-7)32-5-27-11-15(23)25-4-26-16(11)32/h4-10,13-14,19-20,31,45H,2-3H2,1H3,(H,36,46)(H2,23,25,26)(H3,24,29,30,34)/t7?,8?,9?,10?,13?,14?,19?,20?,44-/m0/s1. The first kappa shape index (κ1) is 33.1. The number of ether oxygens (including phenoxy) is 3. The number of nitrogens with two attached hydrogens (primary N) is 2. The molecule has 20 nitrogen and oxygen atoms in total. The summed E-state index contributed by atoms with van der Waals surface area (Å²) in [6.45, 7) is -5.03. The maximum atomic E-state index is 15.6. The van der Waals surface area contributed by atoms with E-state index in [9.17, 15) is 13.9 Å². The van der Waals surface area contributed by atoms with Crippen LogP contribution < -0.4 is 21.7 Å². The fraction of sp³-hybridized carbons (Fsp3) is 0.524. The Labute approximate surface area is 269 Å². The minimum atomic E-state index is -4.33. The van der Waals surface area contributed by atoms with Crippen molar-refractivity contribution in [3.05, 3.63) is 29.3 Å². The molecule has 8 unspecified atom stereocenters. The van der Waals surface area contributed by atoms with Gasteiger partial charge in [0, 0.05) is 7.11 Å². The first-order valence-corrected chi connectivity index (χ1v) is 17.1. The van der Waals surface area contributed by atoms with Crippen LogP contribution in [0.1, 0.15) is 12.5 Å². The molecule has 2 fully saturated rings. The zero-order valence-electron chi connectivity index (χ0n) is 23.4. The van der Waals surface area contributed by atoms with E-state index in [1.807, 2.05) is 0 Å². The van der Waals surface area contributed by atoms with Gasteiger partial charge in [-0.1, -0.05) is 25.1 Å². The summed E-state index contributed by atoms with van der Waals surface area (Å²) in [5.74, 6) is -0.0898. The van der Waals surface area contributed by atoms with Gasteiger partial charge in [0.05, 0.1) is 31.9 Å². The quantitative estimate of drug-likeness (QED) is 0.0870. The van der Waals surface area contributed by atoms with Crippen molar-refractivity contribution in [2.45, 2.75) is 49.1 Å². The molecule has 46 heavy (non-hydrogen) atoms. The van der Waals surface area contributed by atoms with Gasteiger partial charge in [0.1, 0.15) is 36.3 Å². The van der Waals surface area contributed by atoms with Gasteiger partial charge in [-0.05, 0) is 0 Å². The van der Waals surface area contributed by atoms with Gasteiger partial charge in [0.15, 0.2) is 41.3 Å². The Balaban J connectivity index is 1.23. The molecule has 0 aliphatic carbocycles. The maximum absolute atomic E-state index is 15.6. The highest BCUT2D eigenvalue weighted by Gasteiger charge is 2.51. The number of imidazole rings is 2. The lowest BCUT2D eigenvalue weighted by molar-refractivity contribution is -0.0482. The monoisotopic (exact) mass is 721 g/mol. The highest BCUT2D eigenvalue weighted by Crippen LogP contribution is 2.57. The third-order valence-electron chi connectivity index (χ3n) is 7.37. The minimum absolute atomic E-state index is 0.0225. The van der Waals surface area contributed by atoms with Gasteiger partial charge in [0.25, 0.3) is 5.56 Å². The van der Waals surface area contributed by atoms with E-state index in [2.05, 4.69) is 59.7 Å². The molecule has 6 N–H and O–H groups in total. The molecule has 2 aliphatic rings. The third kappa shape index (κ3) is 6.13. The van der Waals surface area contributed by atoms with Crippen molar-refractivity contribution in [3.8, 4) is 0 Å². The summed E-state index contributed by atoms with van der Waals surface area (Å²) in [6, 6.07) is -1.05. The number of thiol groups is 2. The summed E-state index contributed by atoms with van der Waals surface area (Å²) in [7, 11) is 0.709. The zero-order valence-corrected chi connectivity index (χ0v) is 27.0. The number of nitrogen functional groups attached to an aromatic ring is 2. The van der Waals surface area contributed by atoms with Gasteiger partial charge < -0.3 is 25.7 Å². The first-order chi connectivity index (χ1) is 22.1. The Bertz CT molecular complexity index is 1850. The highest BCUT2D eigenvalue weighted by molar-refractivity contribution is 8.44. The molecule has 2 saturated heterocycles. The first-order valence-electron chi connectivity index (χ1n) is 13.2. The number of H-pyrrole nitrogens is 1. The second-order valence-electron chi connectivity index (χ2n) is 9.99. The second-order valence-corrected chi connectivity index (χ2v) is 13.5. The van der Waals surface area contributed by atoms with Crippen LogP contribution in [0.4, 0.5) is 16.2 Å². The van der Waals surface area contributed by atoms with Crippen molar-refractivity contribution < 1.29 is 41.3 Å². The lowest BCUT2D eigenvalue weighted by Crippen LogP contribution is -2.40. The predicted molar refractivity (Wildman–Crippen MR) is 163 cm³/mol. The lowest BCUT2D eigenvalue weighted by atomic mass is 10.1. The van der Waals surface area contributed by atoms with Crippen LogP contribution in [-0.2, 0) is 36.9 Å². The van der Waals surface area contributed by atoms with Gasteiger partial charge in [0.2, 0.25) is 5.95 Å². The third-order valence-corrected chi connectivity index (χ3v) is 9.54. The van der Waals surface area contributed by atoms with E-state index >= 15 is 4.39 Å². The molecule has 25 heteroatoms. The number of nitrogens with one attached hydrogen (secondary N) is 2. The molecule has 0 bridgehead atoms. The van der Waals surface area contributed by atoms with Crippen LogP contribution in [0.15, 0.2) is 23.8 Å². The number of methoxy groups -OCH3 is 1. The fourth-order valence-corrected chi connectivity index (χ4v) is 7.31. The van der Waals surface area contributed by atoms with Crippen molar-refractivity contribution in [2.75, 3.05) is 31.8 Å². The van der Waals surface area contributed by atoms with Crippen LogP contribution in [0.3, 0.4) is 0 Å². The molecule has 2 aliphatic heterocycles. The number of fused-ring (bicyclic) bond motifs is 2. The molecule has 0 aromatic carbocycles. The molecule has 6 rings (SSSR count). The molecule has 248 valence electrons. The number of hydrogen-bond donors (Lipinski definition) is 6. The van der Waals surface area contributed by atoms with E-state index in [1.165, 1.54) is 35.2 Å². The summed E-state index contributed by atoms with van der Waals surface area (Å²) in [6.07, 6.45) is -4.57. The molecule has 0 radical (unpaired) electrons. The van der Waals surface area contributed by atoms with Gasteiger partial charge in [-0.3, -0.25) is 37.2 Å². The Kier molecular flexibility index (Phi) is 9.61. The van der Waals surface area contributed by atoms with Crippen molar-refractivity contribution in [1.29, 1.82) is 0 Å². The van der Waals surface area contributed by atoms with Crippen LogP contribution in [-0.4, -0.2) is 96.0 Å². The van der Waals surface area contributed by atoms with E-state index in [0.29, 0.717) is 0 Å². The lowest BCUT2D eigenvalue weighted by Gasteiger charge is -2.27. The number of nitrogens with zero attached hydrogens (tertiary/aromatic N) is 7. The Morgan fingerprint density at radius 1 is 1.09 bits per heavy atom. The number of alkyl halides is 1. The average Bonchev–Trinajstić information content (AvgIpc) is 3.78. The normalized spacial score (nSPS) is 29.7. The Hall–Kier alpha value is -2.82. The molecule has 6 heterocycles. The molecular weight excluding hydrogens is 695 g/mol. The Morgan fingerprint density at radius 2 is 1.80 bits per heavy atom. The Morgan fingerprint density at radius 3 is 2.52 bits per heavy atom. The number of hydrogen-bond acceptors (Lipinski definition) is 18. The molecule has 0 spiro atoms. The smallest absolute Gasteiger partial charge is 0.382 e. The molecule has 9 atom stereocenters. The largest absolute Gasteiger partial charge is 0.386 e. The van der Waals surface area contributed by atoms with E-state index in [0.717, 1.165) is 0 Å². The van der Waals surface area contributed by atoms with E-state index in [1.54, 1.807) is 0 Å². The van der Waals surface area contributed by atoms with Crippen LogP contribution in [0.25, 0.3) is 22.3 Å². The van der Waals surface area contributed by atoms with Crippen LogP contribution in [0, 0.1) is 0 Å². The topological polar surface area (TPSA) is 261 Å².